The van der Waals surface area contributed by atoms with Crippen molar-refractivity contribution >= 4 is 5.82 Å². The minimum atomic E-state index is 0.537. The second kappa shape index (κ2) is 6.78. The van der Waals surface area contributed by atoms with Gasteiger partial charge in [-0.05, 0) is 35.7 Å². The van der Waals surface area contributed by atoms with E-state index in [1.807, 2.05) is 30.3 Å². The highest BCUT2D eigenvalue weighted by Crippen LogP contribution is 2.15. The van der Waals surface area contributed by atoms with Crippen molar-refractivity contribution in [3.8, 4) is 5.75 Å². The number of nitrogens with one attached hydrogen (secondary N) is 1. The molecule has 1 N–H and O–H groups in total. The van der Waals surface area contributed by atoms with Crippen LogP contribution in [0.1, 0.15) is 19.4 Å². The summed E-state index contributed by atoms with van der Waals surface area (Å²) in [5, 5.41) is 3.29. The molecule has 0 amide bonds. The van der Waals surface area contributed by atoms with Gasteiger partial charge in [0.05, 0.1) is 6.61 Å². The summed E-state index contributed by atoms with van der Waals surface area (Å²) in [6.45, 7) is 5.78. The quantitative estimate of drug-likeness (QED) is 0.855. The van der Waals surface area contributed by atoms with E-state index in [9.17, 15) is 0 Å². The average Bonchev–Trinajstić information content (AvgIpc) is 2.44. The number of nitrogens with zero attached hydrogens (tertiary/aromatic N) is 1. The molecule has 2 aromatic rings. The molecule has 0 atom stereocenters. The lowest BCUT2D eigenvalue weighted by Crippen LogP contribution is -2.05. The summed E-state index contributed by atoms with van der Waals surface area (Å²) in [6.07, 6.45) is 1.78. The Hall–Kier alpha value is -2.03. The molecule has 0 saturated heterocycles. The second-order valence-corrected chi connectivity index (χ2v) is 4.92. The molecule has 0 unspecified atom stereocenters. The molecule has 1 aromatic carbocycles. The summed E-state index contributed by atoms with van der Waals surface area (Å²) in [6, 6.07) is 14.0. The first-order chi connectivity index (χ1) is 9.24. The van der Waals surface area contributed by atoms with E-state index in [2.05, 4.69) is 36.3 Å². The zero-order valence-electron chi connectivity index (χ0n) is 11.5. The Morgan fingerprint density at radius 1 is 1.16 bits per heavy atom. The minimum Gasteiger partial charge on any atom is -0.493 e. The summed E-state index contributed by atoms with van der Waals surface area (Å²) in [7, 11) is 0. The Kier molecular flexibility index (Phi) is 4.78. The van der Waals surface area contributed by atoms with Crippen molar-refractivity contribution < 1.29 is 4.74 Å². The van der Waals surface area contributed by atoms with Crippen LogP contribution in [0.2, 0.25) is 0 Å². The monoisotopic (exact) mass is 256 g/mol. The minimum absolute atomic E-state index is 0.537. The summed E-state index contributed by atoms with van der Waals surface area (Å²) in [4.78, 5) is 4.23. The van der Waals surface area contributed by atoms with E-state index in [0.717, 1.165) is 24.7 Å². The molecule has 0 radical (unpaired) electrons. The number of benzene rings is 1. The zero-order chi connectivity index (χ0) is 13.5. The molecule has 0 aliphatic rings. The molecule has 0 bridgehead atoms. The third kappa shape index (κ3) is 4.62. The first-order valence-electron chi connectivity index (χ1n) is 6.60. The van der Waals surface area contributed by atoms with Crippen LogP contribution in [0.15, 0.2) is 48.7 Å². The van der Waals surface area contributed by atoms with Gasteiger partial charge in [-0.2, -0.15) is 0 Å². The van der Waals surface area contributed by atoms with Crippen LogP contribution in [0, 0.1) is 5.92 Å². The maximum absolute atomic E-state index is 5.72. The van der Waals surface area contributed by atoms with Gasteiger partial charge in [-0.3, -0.25) is 0 Å². The molecular formula is C16H20N2O. The van der Waals surface area contributed by atoms with Gasteiger partial charge in [0.1, 0.15) is 11.6 Å². The number of aromatic nitrogens is 1. The van der Waals surface area contributed by atoms with Crippen molar-refractivity contribution in [1.29, 1.82) is 0 Å². The average molecular weight is 256 g/mol. The normalized spacial score (nSPS) is 10.5. The lowest BCUT2D eigenvalue weighted by molar-refractivity contribution is 0.271. The largest absolute Gasteiger partial charge is 0.493 e. The van der Waals surface area contributed by atoms with Crippen LogP contribution in [0.4, 0.5) is 5.82 Å². The highest BCUT2D eigenvalue weighted by Gasteiger charge is 1.99. The Balaban J connectivity index is 1.91. The molecule has 0 spiro atoms. The van der Waals surface area contributed by atoms with Gasteiger partial charge < -0.3 is 10.1 Å². The van der Waals surface area contributed by atoms with Gasteiger partial charge in [0, 0.05) is 12.7 Å². The summed E-state index contributed by atoms with van der Waals surface area (Å²) in [5.41, 5.74) is 1.19. The number of ether oxygens (including phenoxy) is 1. The lowest BCUT2D eigenvalue weighted by atomic mass is 10.2. The van der Waals surface area contributed by atoms with Crippen LogP contribution < -0.4 is 10.1 Å². The fraction of sp³-hybridized carbons (Fsp3) is 0.312. The van der Waals surface area contributed by atoms with Crippen LogP contribution in [-0.4, -0.2) is 11.6 Å². The van der Waals surface area contributed by atoms with Gasteiger partial charge >= 0.3 is 0 Å². The van der Waals surface area contributed by atoms with Gasteiger partial charge in [-0.25, -0.2) is 4.98 Å². The van der Waals surface area contributed by atoms with E-state index in [0.29, 0.717) is 5.92 Å². The molecule has 19 heavy (non-hydrogen) atoms. The fourth-order valence-electron chi connectivity index (χ4n) is 1.67. The van der Waals surface area contributed by atoms with Crippen molar-refractivity contribution in [1.82, 2.24) is 4.98 Å². The predicted molar refractivity (Wildman–Crippen MR) is 78.3 cm³/mol. The lowest BCUT2D eigenvalue weighted by Gasteiger charge is -2.10. The van der Waals surface area contributed by atoms with Gasteiger partial charge in [0.2, 0.25) is 0 Å². The summed E-state index contributed by atoms with van der Waals surface area (Å²) < 4.78 is 5.72. The van der Waals surface area contributed by atoms with Crippen molar-refractivity contribution in [2.45, 2.75) is 20.4 Å². The van der Waals surface area contributed by atoms with Crippen LogP contribution in [-0.2, 0) is 6.54 Å². The van der Waals surface area contributed by atoms with Crippen LogP contribution >= 0.6 is 0 Å². The molecule has 100 valence electrons. The predicted octanol–water partition coefficient (Wildman–Crippen LogP) is 3.73. The van der Waals surface area contributed by atoms with E-state index in [1.54, 1.807) is 6.20 Å². The Morgan fingerprint density at radius 3 is 2.79 bits per heavy atom. The Bertz CT molecular complexity index is 497. The number of hydrogen-bond acceptors (Lipinski definition) is 3. The SMILES string of the molecule is CC(C)COc1cccc(CNc2ccccn2)c1. The molecule has 0 fully saturated rings. The number of rotatable bonds is 6. The van der Waals surface area contributed by atoms with E-state index in [4.69, 9.17) is 4.74 Å². The first kappa shape index (κ1) is 13.4. The summed E-state index contributed by atoms with van der Waals surface area (Å²) >= 11 is 0. The molecule has 0 aliphatic heterocycles. The fourth-order valence-corrected chi connectivity index (χ4v) is 1.67. The molecule has 1 aromatic heterocycles. The topological polar surface area (TPSA) is 34.1 Å². The standard InChI is InChI=1S/C16H20N2O/c1-13(2)12-19-15-7-5-6-14(10-15)11-18-16-8-3-4-9-17-16/h3-10,13H,11-12H2,1-2H3,(H,17,18). The van der Waals surface area contributed by atoms with Gasteiger partial charge in [0.25, 0.3) is 0 Å². The molecule has 0 aliphatic carbocycles. The van der Waals surface area contributed by atoms with Crippen molar-refractivity contribution in [3.05, 3.63) is 54.2 Å². The Labute approximate surface area is 114 Å². The first-order valence-corrected chi connectivity index (χ1v) is 6.60. The molecule has 2 rings (SSSR count). The van der Waals surface area contributed by atoms with Crippen molar-refractivity contribution in [2.24, 2.45) is 5.92 Å². The number of pyridine rings is 1. The van der Waals surface area contributed by atoms with E-state index < -0.39 is 0 Å². The summed E-state index contributed by atoms with van der Waals surface area (Å²) in [5.74, 6) is 2.35. The molecule has 3 heteroatoms. The zero-order valence-corrected chi connectivity index (χ0v) is 11.5. The highest BCUT2D eigenvalue weighted by molar-refractivity contribution is 5.36. The number of anilines is 1. The third-order valence-corrected chi connectivity index (χ3v) is 2.62. The van der Waals surface area contributed by atoms with Gasteiger partial charge in [-0.1, -0.05) is 32.0 Å². The van der Waals surface area contributed by atoms with Gasteiger partial charge in [0.15, 0.2) is 0 Å². The smallest absolute Gasteiger partial charge is 0.126 e. The highest BCUT2D eigenvalue weighted by atomic mass is 16.5. The molecule has 1 heterocycles. The van der Waals surface area contributed by atoms with Crippen LogP contribution in [0.5, 0.6) is 5.75 Å². The van der Waals surface area contributed by atoms with Crippen molar-refractivity contribution in [3.63, 3.8) is 0 Å². The second-order valence-electron chi connectivity index (χ2n) is 4.92. The Morgan fingerprint density at radius 2 is 2.05 bits per heavy atom. The molecular weight excluding hydrogens is 236 g/mol. The van der Waals surface area contributed by atoms with Crippen molar-refractivity contribution in [2.75, 3.05) is 11.9 Å². The maximum Gasteiger partial charge on any atom is 0.126 e. The maximum atomic E-state index is 5.72. The van der Waals surface area contributed by atoms with E-state index >= 15 is 0 Å². The molecule has 0 saturated carbocycles. The van der Waals surface area contributed by atoms with Crippen LogP contribution in [0.3, 0.4) is 0 Å². The van der Waals surface area contributed by atoms with Crippen LogP contribution in [0.25, 0.3) is 0 Å². The third-order valence-electron chi connectivity index (χ3n) is 2.62. The van der Waals surface area contributed by atoms with E-state index in [1.165, 1.54) is 5.56 Å². The number of hydrogen-bond donors (Lipinski definition) is 1. The molecule has 3 nitrogen and oxygen atoms in total. The van der Waals surface area contributed by atoms with E-state index in [-0.39, 0.29) is 0 Å². The van der Waals surface area contributed by atoms with Gasteiger partial charge in [-0.15, -0.1) is 0 Å².